The fourth-order valence-corrected chi connectivity index (χ4v) is 1.50. The topological polar surface area (TPSA) is 86.0 Å². The van der Waals surface area contributed by atoms with Gasteiger partial charge in [-0.15, -0.1) is 0 Å². The summed E-state index contributed by atoms with van der Waals surface area (Å²) in [5.74, 6) is 1.73. The van der Waals surface area contributed by atoms with Crippen molar-refractivity contribution >= 4 is 5.69 Å². The first-order valence-electron chi connectivity index (χ1n) is 4.63. The maximum Gasteiger partial charge on any atom is 0.171 e. The zero-order chi connectivity index (χ0) is 11.5. The standard InChI is InChI=1S/C10H12N4O2/c1-15-8-4-6(11)3-7(9(8)16-2)10-12-5-13-14-10/h3-5H,11H2,1-2H3,(H,12,13,14). The number of aromatic nitrogens is 3. The van der Waals surface area contributed by atoms with Gasteiger partial charge in [0.05, 0.1) is 19.8 Å². The van der Waals surface area contributed by atoms with E-state index < -0.39 is 0 Å². The summed E-state index contributed by atoms with van der Waals surface area (Å²) in [7, 11) is 3.12. The molecule has 0 aliphatic heterocycles. The monoisotopic (exact) mass is 220 g/mol. The van der Waals surface area contributed by atoms with Gasteiger partial charge in [-0.25, -0.2) is 4.98 Å². The largest absolute Gasteiger partial charge is 0.493 e. The van der Waals surface area contributed by atoms with E-state index in [1.165, 1.54) is 6.33 Å². The van der Waals surface area contributed by atoms with Crippen LogP contribution in [-0.2, 0) is 0 Å². The van der Waals surface area contributed by atoms with Crippen molar-refractivity contribution in [2.75, 3.05) is 20.0 Å². The molecule has 0 saturated heterocycles. The van der Waals surface area contributed by atoms with Crippen LogP contribution in [0.25, 0.3) is 11.4 Å². The number of nitrogens with two attached hydrogens (primary N) is 1. The molecule has 0 fully saturated rings. The molecule has 2 rings (SSSR count). The average Bonchev–Trinajstić information content (AvgIpc) is 2.81. The molecule has 6 heteroatoms. The third-order valence-corrected chi connectivity index (χ3v) is 2.17. The Balaban J connectivity index is 2.63. The van der Waals surface area contributed by atoms with Crippen molar-refractivity contribution in [1.29, 1.82) is 0 Å². The molecule has 1 aromatic heterocycles. The average molecular weight is 220 g/mol. The molecule has 0 radical (unpaired) electrons. The highest BCUT2D eigenvalue weighted by atomic mass is 16.5. The van der Waals surface area contributed by atoms with E-state index in [2.05, 4.69) is 15.2 Å². The molecule has 0 spiro atoms. The lowest BCUT2D eigenvalue weighted by atomic mass is 10.1. The van der Waals surface area contributed by atoms with Gasteiger partial charge in [0.2, 0.25) is 0 Å². The summed E-state index contributed by atoms with van der Waals surface area (Å²) in [4.78, 5) is 4.05. The maximum absolute atomic E-state index is 5.77. The molecule has 16 heavy (non-hydrogen) atoms. The summed E-state index contributed by atoms with van der Waals surface area (Å²) in [6, 6.07) is 3.45. The molecular weight excluding hydrogens is 208 g/mol. The molecule has 1 heterocycles. The summed E-state index contributed by atoms with van der Waals surface area (Å²) in [6.45, 7) is 0. The fourth-order valence-electron chi connectivity index (χ4n) is 1.50. The first-order chi connectivity index (χ1) is 7.76. The smallest absolute Gasteiger partial charge is 0.171 e. The number of methoxy groups -OCH3 is 2. The number of nitrogens with one attached hydrogen (secondary N) is 1. The van der Waals surface area contributed by atoms with Crippen LogP contribution in [0.5, 0.6) is 11.5 Å². The lowest BCUT2D eigenvalue weighted by molar-refractivity contribution is 0.356. The molecule has 1 aromatic carbocycles. The quantitative estimate of drug-likeness (QED) is 0.755. The fraction of sp³-hybridized carbons (Fsp3) is 0.200. The number of rotatable bonds is 3. The van der Waals surface area contributed by atoms with E-state index in [1.54, 1.807) is 26.4 Å². The van der Waals surface area contributed by atoms with Crippen LogP contribution in [0.4, 0.5) is 5.69 Å². The number of ether oxygens (including phenoxy) is 2. The molecule has 2 aromatic rings. The Morgan fingerprint density at radius 1 is 1.25 bits per heavy atom. The predicted octanol–water partition coefficient (Wildman–Crippen LogP) is 1.07. The number of nitrogens with zero attached hydrogens (tertiary/aromatic N) is 2. The lowest BCUT2D eigenvalue weighted by Gasteiger charge is -2.12. The van der Waals surface area contributed by atoms with Crippen molar-refractivity contribution in [3.8, 4) is 22.9 Å². The van der Waals surface area contributed by atoms with Gasteiger partial charge >= 0.3 is 0 Å². The summed E-state index contributed by atoms with van der Waals surface area (Å²) in [5.41, 5.74) is 7.06. The van der Waals surface area contributed by atoms with Crippen LogP contribution in [0, 0.1) is 0 Å². The summed E-state index contributed by atoms with van der Waals surface area (Å²) >= 11 is 0. The predicted molar refractivity (Wildman–Crippen MR) is 59.3 cm³/mol. The van der Waals surface area contributed by atoms with Crippen LogP contribution in [0.3, 0.4) is 0 Å². The van der Waals surface area contributed by atoms with Gasteiger partial charge in [-0.05, 0) is 6.07 Å². The third kappa shape index (κ3) is 1.65. The number of hydrogen-bond donors (Lipinski definition) is 2. The highest BCUT2D eigenvalue weighted by Gasteiger charge is 2.14. The minimum atomic E-state index is 0.564. The first kappa shape index (κ1) is 10.3. The molecule has 6 nitrogen and oxygen atoms in total. The van der Waals surface area contributed by atoms with E-state index >= 15 is 0 Å². The zero-order valence-electron chi connectivity index (χ0n) is 9.02. The Morgan fingerprint density at radius 2 is 2.06 bits per heavy atom. The second-order valence-corrected chi connectivity index (χ2v) is 3.14. The van der Waals surface area contributed by atoms with Crippen molar-refractivity contribution in [1.82, 2.24) is 15.2 Å². The highest BCUT2D eigenvalue weighted by Crippen LogP contribution is 2.38. The van der Waals surface area contributed by atoms with Gasteiger partial charge in [-0.2, -0.15) is 5.10 Å². The van der Waals surface area contributed by atoms with Crippen LogP contribution in [0.15, 0.2) is 18.5 Å². The SMILES string of the molecule is COc1cc(N)cc(-c2ncn[nH]2)c1OC. The van der Waals surface area contributed by atoms with Crippen molar-refractivity contribution < 1.29 is 9.47 Å². The van der Waals surface area contributed by atoms with E-state index in [9.17, 15) is 0 Å². The molecule has 3 N–H and O–H groups in total. The van der Waals surface area contributed by atoms with Gasteiger partial charge in [0.25, 0.3) is 0 Å². The van der Waals surface area contributed by atoms with Crippen LogP contribution >= 0.6 is 0 Å². The zero-order valence-corrected chi connectivity index (χ0v) is 9.02. The normalized spacial score (nSPS) is 10.1. The number of benzene rings is 1. The van der Waals surface area contributed by atoms with Crippen LogP contribution in [-0.4, -0.2) is 29.4 Å². The maximum atomic E-state index is 5.77. The van der Waals surface area contributed by atoms with Gasteiger partial charge in [-0.1, -0.05) is 0 Å². The van der Waals surface area contributed by atoms with E-state index in [4.69, 9.17) is 15.2 Å². The van der Waals surface area contributed by atoms with Crippen LogP contribution in [0.2, 0.25) is 0 Å². The number of H-pyrrole nitrogens is 1. The number of aromatic amines is 1. The van der Waals surface area contributed by atoms with E-state index in [1.807, 2.05) is 0 Å². The Labute approximate surface area is 92.4 Å². The van der Waals surface area contributed by atoms with Crippen molar-refractivity contribution in [2.24, 2.45) is 0 Å². The van der Waals surface area contributed by atoms with Gasteiger partial charge in [0.1, 0.15) is 6.33 Å². The minimum Gasteiger partial charge on any atom is -0.493 e. The van der Waals surface area contributed by atoms with E-state index in [0.29, 0.717) is 23.0 Å². The summed E-state index contributed by atoms with van der Waals surface area (Å²) < 4.78 is 10.5. The molecular formula is C10H12N4O2. The molecule has 0 saturated carbocycles. The van der Waals surface area contributed by atoms with Gasteiger partial charge < -0.3 is 15.2 Å². The van der Waals surface area contributed by atoms with E-state index in [0.717, 1.165) is 5.56 Å². The highest BCUT2D eigenvalue weighted by molar-refractivity contribution is 5.73. The molecule has 0 amide bonds. The van der Waals surface area contributed by atoms with Gasteiger partial charge in [-0.3, -0.25) is 5.10 Å². The summed E-state index contributed by atoms with van der Waals surface area (Å²) in [5, 5.41) is 6.54. The van der Waals surface area contributed by atoms with Crippen molar-refractivity contribution in [3.05, 3.63) is 18.5 Å². The molecule has 0 aliphatic carbocycles. The first-order valence-corrected chi connectivity index (χ1v) is 4.63. The third-order valence-electron chi connectivity index (χ3n) is 2.17. The second-order valence-electron chi connectivity index (χ2n) is 3.14. The van der Waals surface area contributed by atoms with Gasteiger partial charge in [0, 0.05) is 11.8 Å². The molecule has 84 valence electrons. The number of hydrogen-bond acceptors (Lipinski definition) is 5. The minimum absolute atomic E-state index is 0.564. The van der Waals surface area contributed by atoms with Crippen LogP contribution < -0.4 is 15.2 Å². The Hall–Kier alpha value is -2.24. The molecule has 0 atom stereocenters. The molecule has 0 bridgehead atoms. The number of nitrogen functional groups attached to an aromatic ring is 1. The number of anilines is 1. The van der Waals surface area contributed by atoms with Crippen molar-refractivity contribution in [3.63, 3.8) is 0 Å². The van der Waals surface area contributed by atoms with E-state index in [-0.39, 0.29) is 0 Å². The Kier molecular flexibility index (Phi) is 2.63. The van der Waals surface area contributed by atoms with Crippen molar-refractivity contribution in [2.45, 2.75) is 0 Å². The second kappa shape index (κ2) is 4.09. The lowest BCUT2D eigenvalue weighted by Crippen LogP contribution is -1.97. The molecule has 0 aliphatic rings. The van der Waals surface area contributed by atoms with Gasteiger partial charge in [0.15, 0.2) is 17.3 Å². The molecule has 0 unspecified atom stereocenters. The Bertz CT molecular complexity index is 482. The van der Waals surface area contributed by atoms with Crippen LogP contribution in [0.1, 0.15) is 0 Å². The summed E-state index contributed by atoms with van der Waals surface area (Å²) in [6.07, 6.45) is 1.42. The Morgan fingerprint density at radius 3 is 2.62 bits per heavy atom.